The molecule has 0 aliphatic heterocycles. The molecule has 0 rings (SSSR count). The Balaban J connectivity index is 4.59. The lowest BCUT2D eigenvalue weighted by Crippen LogP contribution is -2.28. The molecule has 10 heteroatoms. The van der Waals surface area contributed by atoms with Gasteiger partial charge in [-0.15, -0.1) is 0 Å². The first kappa shape index (κ1) is 10.8. The van der Waals surface area contributed by atoms with Gasteiger partial charge in [0, 0.05) is 0 Å². The van der Waals surface area contributed by atoms with Gasteiger partial charge in [0.15, 0.2) is 0 Å². The number of rotatable bonds is 2. The zero-order valence-electron chi connectivity index (χ0n) is 5.37. The van der Waals surface area contributed by atoms with Gasteiger partial charge < -0.3 is 11.5 Å². The van der Waals surface area contributed by atoms with Crippen molar-refractivity contribution in [3.05, 3.63) is 0 Å². The number of halogens is 3. The quantitative estimate of drug-likeness (QED) is 0.262. The van der Waals surface area contributed by atoms with Crippen molar-refractivity contribution in [1.82, 2.24) is 0 Å². The van der Waals surface area contributed by atoms with Gasteiger partial charge in [0.05, 0.1) is 0 Å². The van der Waals surface area contributed by atoms with Gasteiger partial charge >= 0.3 is 15.6 Å². The largest absolute Gasteiger partial charge is 0.536 e. The fourth-order valence-corrected chi connectivity index (χ4v) is 0.403. The first-order chi connectivity index (χ1) is 5.17. The zero-order valence-corrected chi connectivity index (χ0v) is 6.19. The summed E-state index contributed by atoms with van der Waals surface area (Å²) in [7, 11) is -5.74. The van der Waals surface area contributed by atoms with Crippen molar-refractivity contribution in [2.24, 2.45) is 16.6 Å². The second kappa shape index (κ2) is 3.05. The van der Waals surface area contributed by atoms with E-state index in [-0.39, 0.29) is 0 Å². The van der Waals surface area contributed by atoms with Crippen LogP contribution in [0.25, 0.3) is 0 Å². The van der Waals surface area contributed by atoms with E-state index in [0.29, 0.717) is 0 Å². The molecule has 12 heavy (non-hydrogen) atoms. The molecule has 0 atom stereocenters. The smallest absolute Gasteiger partial charge is 0.367 e. The molecule has 0 radical (unpaired) electrons. The third-order valence-electron chi connectivity index (χ3n) is 0.524. The maximum Gasteiger partial charge on any atom is 0.536 e. The molecule has 0 spiro atoms. The normalized spacial score (nSPS) is 12.2. The Bertz CT molecular complexity index is 276. The lowest BCUT2D eigenvalue weighted by Gasteiger charge is -2.03. The van der Waals surface area contributed by atoms with Crippen LogP contribution in [-0.2, 0) is 14.4 Å². The molecular formula is C2H4F3N3O3S. The van der Waals surface area contributed by atoms with Crippen LogP contribution >= 0.6 is 0 Å². The molecule has 0 amide bonds. The van der Waals surface area contributed by atoms with Crippen molar-refractivity contribution in [2.45, 2.75) is 5.51 Å². The number of guanidine groups is 1. The highest BCUT2D eigenvalue weighted by Gasteiger charge is 2.49. The summed E-state index contributed by atoms with van der Waals surface area (Å²) in [5, 5.41) is 2.23. The van der Waals surface area contributed by atoms with Crippen LogP contribution in [0.2, 0.25) is 0 Å². The maximum absolute atomic E-state index is 11.4. The highest BCUT2D eigenvalue weighted by molar-refractivity contribution is 7.87. The summed E-state index contributed by atoms with van der Waals surface area (Å²) in [6.07, 6.45) is 0. The molecular weight excluding hydrogens is 203 g/mol. The summed E-state index contributed by atoms with van der Waals surface area (Å²) < 4.78 is 57.3. The standard InChI is InChI=1S/C2H4F3N3O3S/c3-2(4,5)12(9,10)11-8-1(6)7/h(H4,6,7,8). The summed E-state index contributed by atoms with van der Waals surface area (Å²) in [4.78, 5) is 0. The minimum atomic E-state index is -5.74. The number of alkyl halides is 3. The molecule has 0 fully saturated rings. The summed E-state index contributed by atoms with van der Waals surface area (Å²) in [5.74, 6) is -0.928. The second-order valence-electron chi connectivity index (χ2n) is 1.49. The van der Waals surface area contributed by atoms with Crippen molar-refractivity contribution in [2.75, 3.05) is 0 Å². The molecule has 4 N–H and O–H groups in total. The molecule has 0 saturated heterocycles. The van der Waals surface area contributed by atoms with Gasteiger partial charge in [-0.25, -0.2) is 0 Å². The molecule has 0 aliphatic rings. The minimum Gasteiger partial charge on any atom is -0.367 e. The lowest BCUT2D eigenvalue weighted by atomic mass is 11.1. The van der Waals surface area contributed by atoms with Gasteiger partial charge in [-0.2, -0.15) is 21.6 Å². The van der Waals surface area contributed by atoms with E-state index in [1.54, 1.807) is 0 Å². The molecule has 0 aromatic heterocycles. The predicted octanol–water partition coefficient (Wildman–Crippen LogP) is -0.959. The number of hydrogen-bond donors (Lipinski definition) is 2. The number of nitrogens with zero attached hydrogens (tertiary/aromatic N) is 1. The van der Waals surface area contributed by atoms with E-state index in [0.717, 1.165) is 0 Å². The van der Waals surface area contributed by atoms with Gasteiger partial charge in [-0.1, -0.05) is 0 Å². The lowest BCUT2D eigenvalue weighted by molar-refractivity contribution is -0.0541. The third-order valence-corrected chi connectivity index (χ3v) is 1.36. The van der Waals surface area contributed by atoms with E-state index in [9.17, 15) is 21.6 Å². The van der Waals surface area contributed by atoms with Crippen molar-refractivity contribution in [3.8, 4) is 0 Å². The van der Waals surface area contributed by atoms with Crippen LogP contribution in [0, 0.1) is 0 Å². The van der Waals surface area contributed by atoms with Crippen molar-refractivity contribution in [1.29, 1.82) is 0 Å². The first-order valence-electron chi connectivity index (χ1n) is 2.25. The van der Waals surface area contributed by atoms with E-state index in [1.165, 1.54) is 0 Å². The van der Waals surface area contributed by atoms with E-state index in [4.69, 9.17) is 0 Å². The molecule has 0 heterocycles. The van der Waals surface area contributed by atoms with E-state index < -0.39 is 21.6 Å². The summed E-state index contributed by atoms with van der Waals surface area (Å²) in [5.41, 5.74) is 3.49. The Labute approximate surface area is 65.1 Å². The highest BCUT2D eigenvalue weighted by Crippen LogP contribution is 2.24. The van der Waals surface area contributed by atoms with Crippen LogP contribution < -0.4 is 11.5 Å². The van der Waals surface area contributed by atoms with Gasteiger partial charge in [0.1, 0.15) is 0 Å². The van der Waals surface area contributed by atoms with Crippen LogP contribution in [-0.4, -0.2) is 19.9 Å². The van der Waals surface area contributed by atoms with Gasteiger partial charge in [0.2, 0.25) is 5.96 Å². The van der Waals surface area contributed by atoms with Gasteiger partial charge in [-0.05, 0) is 5.16 Å². The van der Waals surface area contributed by atoms with E-state index in [2.05, 4.69) is 20.9 Å². The van der Waals surface area contributed by atoms with Crippen LogP contribution in [0.15, 0.2) is 5.16 Å². The van der Waals surface area contributed by atoms with Crippen LogP contribution in [0.3, 0.4) is 0 Å². The Morgan fingerprint density at radius 1 is 1.33 bits per heavy atom. The Morgan fingerprint density at radius 2 is 1.75 bits per heavy atom. The van der Waals surface area contributed by atoms with Crippen LogP contribution in [0.5, 0.6) is 0 Å². The Hall–Kier alpha value is -1.19. The van der Waals surface area contributed by atoms with E-state index in [1.807, 2.05) is 0 Å². The number of nitrogens with two attached hydrogens (primary N) is 2. The zero-order chi connectivity index (χ0) is 9.99. The monoisotopic (exact) mass is 207 g/mol. The molecule has 0 aromatic rings. The SMILES string of the molecule is NC(N)=NOS(=O)(=O)C(F)(F)F. The van der Waals surface area contributed by atoms with Gasteiger partial charge in [-0.3, -0.25) is 4.28 Å². The molecule has 0 aliphatic carbocycles. The molecule has 0 saturated carbocycles. The Morgan fingerprint density at radius 3 is 2.00 bits per heavy atom. The van der Waals surface area contributed by atoms with Gasteiger partial charge in [0.25, 0.3) is 0 Å². The molecule has 0 unspecified atom stereocenters. The molecule has 0 aromatic carbocycles. The molecule has 72 valence electrons. The summed E-state index contributed by atoms with van der Waals surface area (Å²) in [6.45, 7) is 0. The second-order valence-corrected chi connectivity index (χ2v) is 3.01. The first-order valence-corrected chi connectivity index (χ1v) is 3.66. The number of hydrogen-bond acceptors (Lipinski definition) is 4. The van der Waals surface area contributed by atoms with E-state index >= 15 is 0 Å². The van der Waals surface area contributed by atoms with Crippen LogP contribution in [0.4, 0.5) is 13.2 Å². The summed E-state index contributed by atoms with van der Waals surface area (Å²) >= 11 is 0. The fraction of sp³-hybridized carbons (Fsp3) is 0.500. The predicted molar refractivity (Wildman–Crippen MR) is 31.9 cm³/mol. The van der Waals surface area contributed by atoms with Crippen molar-refractivity contribution >= 4 is 16.1 Å². The fourth-order valence-electron chi connectivity index (χ4n) is 0.134. The Kier molecular flexibility index (Phi) is 2.74. The average Bonchev–Trinajstić information content (AvgIpc) is 1.81. The van der Waals surface area contributed by atoms with Crippen LogP contribution in [0.1, 0.15) is 0 Å². The van der Waals surface area contributed by atoms with Crippen molar-refractivity contribution in [3.63, 3.8) is 0 Å². The highest BCUT2D eigenvalue weighted by atomic mass is 32.2. The topological polar surface area (TPSA) is 108 Å². The summed E-state index contributed by atoms with van der Waals surface area (Å²) in [6, 6.07) is 0. The minimum absolute atomic E-state index is 0.928. The van der Waals surface area contributed by atoms with Crippen molar-refractivity contribution < 1.29 is 25.9 Å². The number of oxime groups is 1. The third kappa shape index (κ3) is 2.82. The molecule has 6 nitrogen and oxygen atoms in total. The maximum atomic E-state index is 11.4. The average molecular weight is 207 g/mol. The molecule has 0 bridgehead atoms.